The van der Waals surface area contributed by atoms with Crippen molar-refractivity contribution in [3.8, 4) is 0 Å². The zero-order chi connectivity index (χ0) is 27.5. The fraction of sp³-hybridized carbons (Fsp3) is 0.407. The molecule has 39 heavy (non-hydrogen) atoms. The fourth-order valence-corrected chi connectivity index (χ4v) is 5.14. The predicted molar refractivity (Wildman–Crippen MR) is 140 cm³/mol. The second-order valence-corrected chi connectivity index (χ2v) is 9.82. The van der Waals surface area contributed by atoms with Gasteiger partial charge in [-0.1, -0.05) is 12.1 Å². The lowest BCUT2D eigenvalue weighted by Gasteiger charge is -2.13. The zero-order valence-corrected chi connectivity index (χ0v) is 21.7. The number of hydrogen-bond acceptors (Lipinski definition) is 9. The Morgan fingerprint density at radius 1 is 0.846 bits per heavy atom. The summed E-state index contributed by atoms with van der Waals surface area (Å²) in [7, 11) is 1.35. The number of carboxylic acid groups (broad SMARTS) is 1. The average Bonchev–Trinajstić information content (AvgIpc) is 3.71. The Balaban J connectivity index is 0.000000158. The summed E-state index contributed by atoms with van der Waals surface area (Å²) in [5.74, 6) is 0.0370. The minimum Gasteiger partial charge on any atom is -0.476 e. The average molecular weight is 537 g/mol. The third-order valence-corrected chi connectivity index (χ3v) is 7.05. The van der Waals surface area contributed by atoms with Gasteiger partial charge in [-0.3, -0.25) is 9.80 Å². The van der Waals surface area contributed by atoms with Crippen LogP contribution in [0.15, 0.2) is 48.8 Å². The van der Waals surface area contributed by atoms with Crippen molar-refractivity contribution in [3.63, 3.8) is 0 Å². The lowest BCUT2D eigenvalue weighted by Crippen LogP contribution is -2.22. The Hall–Kier alpha value is -3.84. The Labute approximate surface area is 224 Å². The number of aliphatic hydroxyl groups is 2. The van der Waals surface area contributed by atoms with Gasteiger partial charge in [0.25, 0.3) is 0 Å². The number of carboxylic acids is 1. The van der Waals surface area contributed by atoms with Crippen LogP contribution in [-0.2, 0) is 17.8 Å². The van der Waals surface area contributed by atoms with Crippen LogP contribution in [0.2, 0.25) is 0 Å². The minimum absolute atomic E-state index is 0.0790. The van der Waals surface area contributed by atoms with Crippen molar-refractivity contribution >= 4 is 23.0 Å². The maximum Gasteiger partial charge on any atom is 0.358 e. The van der Waals surface area contributed by atoms with Crippen molar-refractivity contribution in [2.75, 3.05) is 33.3 Å². The first-order chi connectivity index (χ1) is 18.8. The first kappa shape index (κ1) is 26.8. The highest BCUT2D eigenvalue weighted by molar-refractivity contribution is 5.95. The molecule has 2 saturated heterocycles. The van der Waals surface area contributed by atoms with Crippen LogP contribution < -0.4 is 0 Å². The molecular formula is C27H32N6O6. The molecule has 4 aromatic heterocycles. The van der Waals surface area contributed by atoms with E-state index in [-0.39, 0.29) is 17.9 Å². The van der Waals surface area contributed by atoms with Gasteiger partial charge in [0.1, 0.15) is 11.6 Å². The van der Waals surface area contributed by atoms with E-state index in [0.29, 0.717) is 43.2 Å². The van der Waals surface area contributed by atoms with Gasteiger partial charge in [-0.2, -0.15) is 0 Å². The van der Waals surface area contributed by atoms with E-state index in [1.54, 1.807) is 16.5 Å². The first-order valence-electron chi connectivity index (χ1n) is 12.9. The summed E-state index contributed by atoms with van der Waals surface area (Å²) >= 11 is 0. The van der Waals surface area contributed by atoms with Crippen LogP contribution in [0.5, 0.6) is 0 Å². The van der Waals surface area contributed by atoms with Crippen molar-refractivity contribution in [1.29, 1.82) is 0 Å². The number of rotatable bonds is 6. The van der Waals surface area contributed by atoms with Gasteiger partial charge in [0.05, 0.1) is 43.4 Å². The molecule has 0 saturated carbocycles. The van der Waals surface area contributed by atoms with Gasteiger partial charge < -0.3 is 28.9 Å². The number of carbonyl (C=O) groups excluding carboxylic acids is 1. The number of nitrogens with zero attached hydrogens (tertiary/aromatic N) is 6. The van der Waals surface area contributed by atoms with E-state index in [4.69, 9.17) is 9.84 Å². The Morgan fingerprint density at radius 3 is 1.77 bits per heavy atom. The number of fused-ring (bicyclic) bond motifs is 2. The standard InChI is InChI=1S/C14H17N3O3.C13H15N3O3/c1-20-14(19)13-11-4-2-3-6-17(11)12(15-13)9-16-7-5-10(18)8-16;17-9-4-6-15(7-9)8-11-14-12(13(18)19)10-3-1-2-5-16(10)11/h2-4,6,10,18H,5,7-9H2,1H3;1-3,5,9,17H,4,6-8H2,(H,18,19). The van der Waals surface area contributed by atoms with Crippen molar-refractivity contribution in [2.45, 2.75) is 38.1 Å². The molecule has 0 amide bonds. The number of esters is 1. The Bertz CT molecular complexity index is 1480. The van der Waals surface area contributed by atoms with Crippen LogP contribution >= 0.6 is 0 Å². The molecule has 0 aliphatic carbocycles. The summed E-state index contributed by atoms with van der Waals surface area (Å²) in [4.78, 5) is 35.8. The summed E-state index contributed by atoms with van der Waals surface area (Å²) in [6.07, 6.45) is 4.70. The molecule has 0 radical (unpaired) electrons. The number of imidazole rings is 2. The topological polar surface area (TPSA) is 145 Å². The first-order valence-corrected chi connectivity index (χ1v) is 12.9. The molecule has 12 nitrogen and oxygen atoms in total. The van der Waals surface area contributed by atoms with Crippen molar-refractivity contribution in [2.24, 2.45) is 0 Å². The highest BCUT2D eigenvalue weighted by Crippen LogP contribution is 2.19. The summed E-state index contributed by atoms with van der Waals surface area (Å²) in [6.45, 7) is 4.08. The number of aromatic nitrogens is 4. The molecule has 2 atom stereocenters. The molecule has 0 aromatic carbocycles. The van der Waals surface area contributed by atoms with Crippen LogP contribution in [0, 0.1) is 0 Å². The number of aliphatic hydroxyl groups excluding tert-OH is 2. The molecule has 12 heteroatoms. The van der Waals surface area contributed by atoms with Gasteiger partial charge in [0, 0.05) is 38.6 Å². The van der Waals surface area contributed by atoms with E-state index in [2.05, 4.69) is 19.8 Å². The monoisotopic (exact) mass is 536 g/mol. The second-order valence-electron chi connectivity index (χ2n) is 9.82. The van der Waals surface area contributed by atoms with E-state index < -0.39 is 11.9 Å². The highest BCUT2D eigenvalue weighted by atomic mass is 16.5. The maximum atomic E-state index is 11.8. The molecule has 0 bridgehead atoms. The van der Waals surface area contributed by atoms with E-state index in [9.17, 15) is 19.8 Å². The number of carbonyl (C=O) groups is 2. The van der Waals surface area contributed by atoms with Gasteiger partial charge in [-0.15, -0.1) is 0 Å². The summed E-state index contributed by atoms with van der Waals surface area (Å²) < 4.78 is 8.48. The van der Waals surface area contributed by atoms with Crippen LogP contribution in [0.1, 0.15) is 45.5 Å². The largest absolute Gasteiger partial charge is 0.476 e. The summed E-state index contributed by atoms with van der Waals surface area (Å²) in [5, 5.41) is 28.3. The van der Waals surface area contributed by atoms with Gasteiger partial charge >= 0.3 is 11.9 Å². The van der Waals surface area contributed by atoms with Crippen LogP contribution in [0.3, 0.4) is 0 Å². The molecular weight excluding hydrogens is 504 g/mol. The Kier molecular flexibility index (Phi) is 7.89. The normalized spacial score (nSPS) is 19.9. The number of pyridine rings is 2. The van der Waals surface area contributed by atoms with Crippen LogP contribution in [0.4, 0.5) is 0 Å². The lowest BCUT2D eigenvalue weighted by atomic mass is 10.3. The lowest BCUT2D eigenvalue weighted by molar-refractivity contribution is 0.0595. The molecule has 2 fully saturated rings. The Morgan fingerprint density at radius 2 is 1.33 bits per heavy atom. The SMILES string of the molecule is COC(=O)c1nc(CN2CCC(O)C2)n2ccccc12.O=C(O)c1nc(CN2CCC(O)C2)n2ccccc12. The third-order valence-electron chi connectivity index (χ3n) is 7.05. The quantitative estimate of drug-likeness (QED) is 0.308. The molecule has 0 spiro atoms. The molecule has 3 N–H and O–H groups in total. The fourth-order valence-electron chi connectivity index (χ4n) is 5.14. The van der Waals surface area contributed by atoms with Gasteiger partial charge in [-0.25, -0.2) is 19.6 Å². The number of hydrogen-bond donors (Lipinski definition) is 3. The maximum absolute atomic E-state index is 11.8. The van der Waals surface area contributed by atoms with Crippen LogP contribution in [0.25, 0.3) is 11.0 Å². The highest BCUT2D eigenvalue weighted by Gasteiger charge is 2.25. The molecule has 6 rings (SSSR count). The number of ether oxygens (including phenoxy) is 1. The smallest absolute Gasteiger partial charge is 0.358 e. The van der Waals surface area contributed by atoms with Crippen molar-refractivity contribution < 1.29 is 29.6 Å². The molecule has 2 aliphatic heterocycles. The second kappa shape index (κ2) is 11.5. The summed E-state index contributed by atoms with van der Waals surface area (Å²) in [6, 6.07) is 11.0. The van der Waals surface area contributed by atoms with Crippen LogP contribution in [-0.4, -0.2) is 101 Å². The van der Waals surface area contributed by atoms with Gasteiger partial charge in [0.15, 0.2) is 11.4 Å². The third kappa shape index (κ3) is 5.78. The molecule has 4 aromatic rings. The van der Waals surface area contributed by atoms with E-state index in [1.165, 1.54) is 7.11 Å². The van der Waals surface area contributed by atoms with E-state index >= 15 is 0 Å². The van der Waals surface area contributed by atoms with Gasteiger partial charge in [0.2, 0.25) is 0 Å². The van der Waals surface area contributed by atoms with E-state index in [0.717, 1.165) is 37.3 Å². The predicted octanol–water partition coefficient (Wildman–Crippen LogP) is 1.29. The number of aromatic carboxylic acids is 1. The minimum atomic E-state index is -1.02. The van der Waals surface area contributed by atoms with Crippen molar-refractivity contribution in [3.05, 3.63) is 71.8 Å². The zero-order valence-electron chi connectivity index (χ0n) is 21.7. The molecule has 206 valence electrons. The number of β-amino-alcohol motifs (C(OH)–C–C–N with tert-alkyl or cyclic N) is 2. The number of likely N-dealkylation sites (tertiary alicyclic amines) is 2. The molecule has 6 heterocycles. The molecule has 2 unspecified atom stereocenters. The number of methoxy groups -OCH3 is 1. The van der Waals surface area contributed by atoms with Crippen molar-refractivity contribution in [1.82, 2.24) is 28.6 Å². The molecule has 2 aliphatic rings. The van der Waals surface area contributed by atoms with Gasteiger partial charge in [-0.05, 0) is 37.1 Å². The van der Waals surface area contributed by atoms with E-state index in [1.807, 2.05) is 41.1 Å². The summed E-state index contributed by atoms with van der Waals surface area (Å²) in [5.41, 5.74) is 1.76.